The first-order valence-corrected chi connectivity index (χ1v) is 9.78. The van der Waals surface area contributed by atoms with Crippen LogP contribution in [0.5, 0.6) is 5.75 Å². The number of aromatic nitrogens is 5. The summed E-state index contributed by atoms with van der Waals surface area (Å²) in [6.45, 7) is 3.40. The fourth-order valence-electron chi connectivity index (χ4n) is 3.54. The second-order valence-electron chi connectivity index (χ2n) is 7.96. The third-order valence-electron chi connectivity index (χ3n) is 5.40. The third kappa shape index (κ3) is 3.88. The van der Waals surface area contributed by atoms with E-state index < -0.39 is 5.60 Å². The largest absolute Gasteiger partial charge is 0.497 e. The smallest absolute Gasteiger partial charge is 0.183 e. The highest BCUT2D eigenvalue weighted by Crippen LogP contribution is 2.46. The molecule has 1 fully saturated rings. The molecule has 2 aromatic heterocycles. The van der Waals surface area contributed by atoms with E-state index in [0.717, 1.165) is 29.9 Å². The number of rotatable bonds is 6. The predicted molar refractivity (Wildman–Crippen MR) is 113 cm³/mol. The van der Waals surface area contributed by atoms with Gasteiger partial charge in [-0.15, -0.1) is 0 Å². The van der Waals surface area contributed by atoms with Crippen molar-refractivity contribution in [3.05, 3.63) is 47.8 Å². The van der Waals surface area contributed by atoms with Crippen LogP contribution in [-0.2, 0) is 5.60 Å². The summed E-state index contributed by atoms with van der Waals surface area (Å²) in [7, 11) is 1.60. The maximum Gasteiger partial charge on any atom is 0.183 e. The van der Waals surface area contributed by atoms with Crippen molar-refractivity contribution in [2.75, 3.05) is 7.11 Å². The molecule has 4 N–H and O–H groups in total. The summed E-state index contributed by atoms with van der Waals surface area (Å²) >= 11 is 0. The van der Waals surface area contributed by atoms with Crippen LogP contribution in [-0.4, -0.2) is 43.7 Å². The molecule has 4 rings (SSSR count). The van der Waals surface area contributed by atoms with Gasteiger partial charge in [0.25, 0.3) is 0 Å². The number of hydrogen-bond donors (Lipinski definition) is 3. The van der Waals surface area contributed by atoms with E-state index in [1.165, 1.54) is 6.34 Å². The molecule has 9 heteroatoms. The van der Waals surface area contributed by atoms with Gasteiger partial charge in [-0.2, -0.15) is 5.10 Å². The molecule has 30 heavy (non-hydrogen) atoms. The molecule has 2 heterocycles. The topological polar surface area (TPSA) is 135 Å². The Morgan fingerprint density at radius 3 is 2.67 bits per heavy atom. The van der Waals surface area contributed by atoms with E-state index in [9.17, 15) is 5.11 Å². The lowest BCUT2D eigenvalue weighted by atomic mass is 9.73. The molecule has 0 saturated heterocycles. The monoisotopic (exact) mass is 407 g/mol. The molecule has 0 atom stereocenters. The normalized spacial score (nSPS) is 19.1. The van der Waals surface area contributed by atoms with E-state index in [2.05, 4.69) is 30.1 Å². The Morgan fingerprint density at radius 2 is 2.03 bits per heavy atom. The SMILES string of the molecule is COc1ccc(-c2n[nH]c(C3CC(c4cnc(C(C)(C)O)cn4)C3)n2)c(N=CN)c1. The standard InChI is InChI=1S/C21H25N7O2/c1-21(2,29)18-10-23-17(9-24-18)12-6-13(7-12)19-26-20(28-27-19)15-5-4-14(30-3)8-16(15)25-11-22/h4-5,8-13,29H,6-7H2,1-3H3,(H2,22,25)(H,26,27,28). The summed E-state index contributed by atoms with van der Waals surface area (Å²) in [6.07, 6.45) is 6.49. The maximum atomic E-state index is 10.0. The number of methoxy groups -OCH3 is 1. The Balaban J connectivity index is 1.46. The van der Waals surface area contributed by atoms with Crippen molar-refractivity contribution in [3.8, 4) is 17.1 Å². The average molecular weight is 407 g/mol. The van der Waals surface area contributed by atoms with Crippen LogP contribution in [0.25, 0.3) is 11.4 Å². The van der Waals surface area contributed by atoms with E-state index in [-0.39, 0.29) is 5.92 Å². The van der Waals surface area contributed by atoms with Gasteiger partial charge in [-0.1, -0.05) is 0 Å². The number of ether oxygens (including phenoxy) is 1. The molecule has 1 saturated carbocycles. The van der Waals surface area contributed by atoms with Crippen LogP contribution in [0.2, 0.25) is 0 Å². The van der Waals surface area contributed by atoms with Crippen molar-refractivity contribution in [2.24, 2.45) is 10.7 Å². The lowest BCUT2D eigenvalue weighted by Crippen LogP contribution is -2.23. The van der Waals surface area contributed by atoms with Crippen LogP contribution in [0, 0.1) is 0 Å². The highest BCUT2D eigenvalue weighted by molar-refractivity contribution is 5.75. The summed E-state index contributed by atoms with van der Waals surface area (Å²) in [5, 5.41) is 17.5. The first-order valence-electron chi connectivity index (χ1n) is 9.78. The number of aliphatic imine (C=N–C) groups is 1. The average Bonchev–Trinajstić information content (AvgIpc) is 3.16. The molecule has 9 nitrogen and oxygen atoms in total. The zero-order valence-corrected chi connectivity index (χ0v) is 17.2. The van der Waals surface area contributed by atoms with Gasteiger partial charge >= 0.3 is 0 Å². The van der Waals surface area contributed by atoms with Crippen LogP contribution in [0.1, 0.15) is 55.7 Å². The first kappa shape index (κ1) is 20.0. The summed E-state index contributed by atoms with van der Waals surface area (Å²) in [4.78, 5) is 17.7. The quantitative estimate of drug-likeness (QED) is 0.422. The van der Waals surface area contributed by atoms with Crippen molar-refractivity contribution >= 4 is 12.0 Å². The molecule has 0 amide bonds. The van der Waals surface area contributed by atoms with Crippen LogP contribution in [0.15, 0.2) is 35.6 Å². The van der Waals surface area contributed by atoms with E-state index >= 15 is 0 Å². The highest BCUT2D eigenvalue weighted by Gasteiger charge is 2.35. The van der Waals surface area contributed by atoms with Crippen molar-refractivity contribution in [3.63, 3.8) is 0 Å². The number of H-pyrrole nitrogens is 1. The minimum absolute atomic E-state index is 0.284. The van der Waals surface area contributed by atoms with Crippen LogP contribution < -0.4 is 10.5 Å². The van der Waals surface area contributed by atoms with Gasteiger partial charge < -0.3 is 15.6 Å². The highest BCUT2D eigenvalue weighted by atomic mass is 16.5. The van der Waals surface area contributed by atoms with Gasteiger partial charge in [-0.05, 0) is 38.8 Å². The number of hydrogen-bond acceptors (Lipinski definition) is 7. The number of nitrogens with zero attached hydrogens (tertiary/aromatic N) is 5. The first-order chi connectivity index (χ1) is 14.4. The van der Waals surface area contributed by atoms with Crippen LogP contribution >= 0.6 is 0 Å². The molecule has 0 spiro atoms. The molecular formula is C21H25N7O2. The second-order valence-corrected chi connectivity index (χ2v) is 7.96. The van der Waals surface area contributed by atoms with Gasteiger partial charge in [-0.25, -0.2) is 9.98 Å². The van der Waals surface area contributed by atoms with E-state index in [1.54, 1.807) is 39.4 Å². The summed E-state index contributed by atoms with van der Waals surface area (Å²) in [5.41, 5.74) is 7.43. The number of nitrogens with two attached hydrogens (primary N) is 1. The molecule has 1 aliphatic carbocycles. The molecule has 156 valence electrons. The fourth-order valence-corrected chi connectivity index (χ4v) is 3.54. The zero-order valence-electron chi connectivity index (χ0n) is 17.2. The maximum absolute atomic E-state index is 10.0. The molecule has 0 aliphatic heterocycles. The summed E-state index contributed by atoms with van der Waals surface area (Å²) in [5.74, 6) is 2.72. The zero-order chi connectivity index (χ0) is 21.3. The number of nitrogens with one attached hydrogen (secondary N) is 1. The van der Waals surface area contributed by atoms with Gasteiger partial charge in [0.1, 0.15) is 17.2 Å². The van der Waals surface area contributed by atoms with Crippen LogP contribution in [0.4, 0.5) is 5.69 Å². The minimum Gasteiger partial charge on any atom is -0.497 e. The van der Waals surface area contributed by atoms with Crippen molar-refractivity contribution < 1.29 is 9.84 Å². The minimum atomic E-state index is -0.988. The van der Waals surface area contributed by atoms with Gasteiger partial charge in [0.05, 0.1) is 36.7 Å². The lowest BCUT2D eigenvalue weighted by Gasteiger charge is -2.33. The van der Waals surface area contributed by atoms with E-state index in [0.29, 0.717) is 28.9 Å². The van der Waals surface area contributed by atoms with Crippen molar-refractivity contribution in [1.29, 1.82) is 0 Å². The molecule has 0 bridgehead atoms. The van der Waals surface area contributed by atoms with Crippen molar-refractivity contribution in [2.45, 2.75) is 44.1 Å². The Labute approximate surface area is 174 Å². The summed E-state index contributed by atoms with van der Waals surface area (Å²) < 4.78 is 5.25. The van der Waals surface area contributed by atoms with Gasteiger partial charge in [-0.3, -0.25) is 15.1 Å². The Kier molecular flexibility index (Phi) is 5.21. The Morgan fingerprint density at radius 1 is 1.23 bits per heavy atom. The molecule has 0 radical (unpaired) electrons. The van der Waals surface area contributed by atoms with E-state index in [4.69, 9.17) is 10.5 Å². The molecule has 0 unspecified atom stereocenters. The van der Waals surface area contributed by atoms with Gasteiger partial charge in [0.2, 0.25) is 0 Å². The number of aromatic amines is 1. The molecular weight excluding hydrogens is 382 g/mol. The molecule has 1 aromatic carbocycles. The predicted octanol–water partition coefficient (Wildman–Crippen LogP) is 2.78. The lowest BCUT2D eigenvalue weighted by molar-refractivity contribution is 0.0733. The molecule has 3 aromatic rings. The number of benzene rings is 1. The van der Waals surface area contributed by atoms with Crippen LogP contribution in [0.3, 0.4) is 0 Å². The Bertz CT molecular complexity index is 1050. The van der Waals surface area contributed by atoms with Gasteiger partial charge in [0, 0.05) is 29.7 Å². The van der Waals surface area contributed by atoms with Crippen molar-refractivity contribution in [1.82, 2.24) is 25.1 Å². The number of aliphatic hydroxyl groups is 1. The second kappa shape index (κ2) is 7.83. The Hall–Kier alpha value is -3.33. The van der Waals surface area contributed by atoms with Gasteiger partial charge in [0.15, 0.2) is 5.82 Å². The fraction of sp³-hybridized carbons (Fsp3) is 0.381. The molecule has 1 aliphatic rings. The summed E-state index contributed by atoms with van der Waals surface area (Å²) in [6, 6.07) is 5.51. The van der Waals surface area contributed by atoms with E-state index in [1.807, 2.05) is 12.1 Å². The third-order valence-corrected chi connectivity index (χ3v) is 5.40.